The summed E-state index contributed by atoms with van der Waals surface area (Å²) in [6.07, 6.45) is 0. The van der Waals surface area contributed by atoms with Crippen molar-refractivity contribution in [2.24, 2.45) is 0 Å². The average molecular weight is 321 g/mol. The Kier molecular flexibility index (Phi) is 2.82. The molecule has 1 rings (SSSR count). The first kappa shape index (κ1) is 12.1. The van der Waals surface area contributed by atoms with Crippen molar-refractivity contribution in [1.29, 1.82) is 0 Å². The van der Waals surface area contributed by atoms with Gasteiger partial charge < -0.3 is 0 Å². The van der Waals surface area contributed by atoms with Crippen molar-refractivity contribution in [3.63, 3.8) is 0 Å². The third-order valence-corrected chi connectivity index (χ3v) is 1.05. The Hall–Kier alpha value is 0.0982. The topological polar surface area (TPSA) is 0 Å². The molecule has 0 fully saturated rings. The molecule has 1 aromatic rings. The van der Waals surface area contributed by atoms with Crippen LogP contribution in [0.2, 0.25) is 0 Å². The molecule has 0 nitrogen and oxygen atoms in total. The van der Waals surface area contributed by atoms with E-state index in [1.807, 2.05) is 22.9 Å². The Morgan fingerprint density at radius 3 is 1.17 bits per heavy atom. The van der Waals surface area contributed by atoms with E-state index in [1.165, 1.54) is 0 Å². The van der Waals surface area contributed by atoms with Crippen molar-refractivity contribution in [2.45, 2.75) is 0 Å². The molecule has 0 bridgehead atoms. The van der Waals surface area contributed by atoms with Gasteiger partial charge in [0, 0.05) is 0 Å². The van der Waals surface area contributed by atoms with Gasteiger partial charge in [-0.05, 0) is 10.8 Å². The minimum Gasteiger partial charge on any atom is -0.152 e. The fourth-order valence-corrected chi connectivity index (χ4v) is 0.680. The van der Waals surface area contributed by atoms with Gasteiger partial charge in [-0.3, -0.25) is 0 Å². The van der Waals surface area contributed by atoms with E-state index in [1.54, 1.807) is 11.3 Å². The van der Waals surface area contributed by atoms with Crippen LogP contribution in [0.3, 0.4) is 0 Å². The van der Waals surface area contributed by atoms with Crippen LogP contribution in [0, 0.1) is 0 Å². The van der Waals surface area contributed by atoms with Crippen LogP contribution in [0.15, 0.2) is 22.9 Å². The van der Waals surface area contributed by atoms with E-state index in [2.05, 4.69) is 0 Å². The molecule has 0 spiro atoms. The first-order valence-electron chi connectivity index (χ1n) is 2.49. The van der Waals surface area contributed by atoms with Crippen LogP contribution >= 0.6 is 11.3 Å². The number of rotatable bonds is 0. The first-order chi connectivity index (χ1) is 4.95. The summed E-state index contributed by atoms with van der Waals surface area (Å²) in [5, 5.41) is 4.08. The zero-order valence-electron chi connectivity index (χ0n) is 6.43. The molecular formula is C4H5F6SSb. The smallest absolute Gasteiger partial charge is 0.152 e. The normalized spacial score (nSPS) is 16.8. The van der Waals surface area contributed by atoms with Crippen LogP contribution in [0.4, 0.5) is 16.9 Å². The second kappa shape index (κ2) is 2.80. The SMILES string of the molecule is [F][Sb-]([F])([F])([F])([F])[F].[H+].c1ccsc1. The van der Waals surface area contributed by atoms with Crippen molar-refractivity contribution in [3.8, 4) is 0 Å². The number of hydrogen-bond acceptors (Lipinski definition) is 1. The summed E-state index contributed by atoms with van der Waals surface area (Å²) in [7, 11) is 0. The van der Waals surface area contributed by atoms with Crippen LogP contribution in [0.25, 0.3) is 0 Å². The quantitative estimate of drug-likeness (QED) is 0.500. The summed E-state index contributed by atoms with van der Waals surface area (Å²) in [5.41, 5.74) is 0. The largest absolute Gasteiger partial charge is 1.00 e. The van der Waals surface area contributed by atoms with Gasteiger partial charge in [0.2, 0.25) is 0 Å². The average Bonchev–Trinajstić information content (AvgIpc) is 2.00. The third kappa shape index (κ3) is 32.2. The van der Waals surface area contributed by atoms with Gasteiger partial charge in [-0.15, -0.1) is 0 Å². The minimum absolute atomic E-state index is 0. The predicted octanol–water partition coefficient (Wildman–Crippen LogP) is 4.00. The van der Waals surface area contributed by atoms with Crippen molar-refractivity contribution in [1.82, 2.24) is 0 Å². The molecule has 0 saturated heterocycles. The third-order valence-electron chi connectivity index (χ3n) is 0.425. The summed E-state index contributed by atoms with van der Waals surface area (Å²) < 4.78 is 59.6. The van der Waals surface area contributed by atoms with Crippen molar-refractivity contribution in [2.75, 3.05) is 0 Å². The summed E-state index contributed by atoms with van der Waals surface area (Å²) in [6.45, 7) is 0. The molecule has 0 atom stereocenters. The van der Waals surface area contributed by atoms with E-state index in [-0.39, 0.29) is 1.43 Å². The Balaban J connectivity index is 0. The molecule has 1 heterocycles. The van der Waals surface area contributed by atoms with Crippen LogP contribution in [-0.2, 0) is 0 Å². The Morgan fingerprint density at radius 2 is 1.08 bits per heavy atom. The van der Waals surface area contributed by atoms with Crippen molar-refractivity contribution < 1.29 is 18.3 Å². The van der Waals surface area contributed by atoms with Crippen LogP contribution < -0.4 is 0 Å². The van der Waals surface area contributed by atoms with Crippen LogP contribution in [0.1, 0.15) is 1.43 Å². The number of hydrogen-bond donors (Lipinski definition) is 0. The predicted molar refractivity (Wildman–Crippen MR) is 37.8 cm³/mol. The van der Waals surface area contributed by atoms with Gasteiger partial charge in [-0.1, -0.05) is 12.1 Å². The van der Waals surface area contributed by atoms with Crippen LogP contribution in [0.5, 0.6) is 0 Å². The molecule has 0 aliphatic rings. The van der Waals surface area contributed by atoms with Gasteiger partial charge in [0.1, 0.15) is 0 Å². The minimum atomic E-state index is -11.2. The van der Waals surface area contributed by atoms with Gasteiger partial charge in [0.05, 0.1) is 0 Å². The summed E-state index contributed by atoms with van der Waals surface area (Å²) in [6, 6.07) is 4.04. The van der Waals surface area contributed by atoms with E-state index in [4.69, 9.17) is 0 Å². The van der Waals surface area contributed by atoms with E-state index < -0.39 is 19.5 Å². The monoisotopic (exact) mass is 320 g/mol. The van der Waals surface area contributed by atoms with E-state index in [9.17, 15) is 16.9 Å². The fourth-order valence-electron chi connectivity index (χ4n) is 0.227. The second-order valence-corrected chi connectivity index (χ2v) is 8.04. The van der Waals surface area contributed by atoms with Gasteiger partial charge in [-0.2, -0.15) is 11.3 Å². The molecule has 1 aromatic heterocycles. The van der Waals surface area contributed by atoms with E-state index in [0.29, 0.717) is 0 Å². The molecule has 0 aliphatic carbocycles. The molecule has 0 radical (unpaired) electrons. The number of halogens is 6. The molecule has 0 aromatic carbocycles. The molecular weight excluding hydrogens is 316 g/mol. The van der Waals surface area contributed by atoms with Crippen molar-refractivity contribution >= 4 is 30.8 Å². The van der Waals surface area contributed by atoms with Gasteiger partial charge in [0.25, 0.3) is 0 Å². The Bertz CT molecular complexity index is 196. The Labute approximate surface area is 72.2 Å². The molecule has 0 unspecified atom stereocenters. The van der Waals surface area contributed by atoms with Gasteiger partial charge in [0.15, 0.2) is 0 Å². The van der Waals surface area contributed by atoms with Gasteiger partial charge in [-0.25, -0.2) is 0 Å². The van der Waals surface area contributed by atoms with E-state index >= 15 is 0 Å². The maximum atomic E-state index is 9.93. The standard InChI is InChI=1S/C4H4S.6FH.Sb/c1-2-4-5-3-1;;;;;;;/h1-4H;6*1H;/q;;;;;;;+5/p-5. The maximum Gasteiger partial charge on any atom is 1.00 e. The summed E-state index contributed by atoms with van der Waals surface area (Å²) in [4.78, 5) is 0. The summed E-state index contributed by atoms with van der Waals surface area (Å²) >= 11 is -9.54. The zero-order valence-corrected chi connectivity index (χ0v) is 8.80. The molecule has 8 heteroatoms. The molecule has 12 heavy (non-hydrogen) atoms. The molecule has 74 valence electrons. The maximum absolute atomic E-state index is 11.2. The number of thiophene rings is 1. The molecule has 0 aliphatic heterocycles. The van der Waals surface area contributed by atoms with E-state index in [0.717, 1.165) is 0 Å². The summed E-state index contributed by atoms with van der Waals surface area (Å²) in [5.74, 6) is 0. The molecule has 0 amide bonds. The zero-order chi connectivity index (χ0) is 9.94. The molecule has 0 saturated carbocycles. The van der Waals surface area contributed by atoms with Gasteiger partial charge >= 0.3 is 37.8 Å². The van der Waals surface area contributed by atoms with Crippen LogP contribution in [-0.4, -0.2) is 19.5 Å². The molecule has 0 N–H and O–H groups in total. The first-order valence-corrected chi connectivity index (χ1v) is 9.22. The Morgan fingerprint density at radius 1 is 0.833 bits per heavy atom. The van der Waals surface area contributed by atoms with Crippen molar-refractivity contribution in [3.05, 3.63) is 22.9 Å². The fraction of sp³-hybridized carbons (Fsp3) is 0. The second-order valence-electron chi connectivity index (χ2n) is 1.75.